The Morgan fingerprint density at radius 3 is 3.23 bits per heavy atom. The Bertz CT molecular complexity index is 287. The summed E-state index contributed by atoms with van der Waals surface area (Å²) in [5.74, 6) is 2.42. The van der Waals surface area contributed by atoms with Crippen LogP contribution in [0.4, 0.5) is 5.69 Å². The van der Waals surface area contributed by atoms with E-state index in [0.29, 0.717) is 6.04 Å². The van der Waals surface area contributed by atoms with Gasteiger partial charge in [0.1, 0.15) is 0 Å². The average molecular weight is 215 g/mol. The number of rotatable bonds is 2. The predicted molar refractivity (Wildman–Crippen MR) is 58.6 cm³/mol. The maximum atomic E-state index is 5.99. The number of hydrogen-bond donors (Lipinski definition) is 1. The SMILES string of the molecule is Clc1ccncc1NC1CCSC1. The monoisotopic (exact) mass is 214 g/mol. The van der Waals surface area contributed by atoms with E-state index in [-0.39, 0.29) is 0 Å². The highest BCUT2D eigenvalue weighted by Crippen LogP contribution is 2.25. The van der Waals surface area contributed by atoms with Gasteiger partial charge in [-0.1, -0.05) is 11.6 Å². The molecule has 2 rings (SSSR count). The molecule has 0 amide bonds. The lowest BCUT2D eigenvalue weighted by atomic mass is 10.2. The van der Waals surface area contributed by atoms with E-state index in [1.54, 1.807) is 12.4 Å². The molecule has 1 N–H and O–H groups in total. The summed E-state index contributed by atoms with van der Waals surface area (Å²) < 4.78 is 0. The Labute approximate surface area is 87.1 Å². The van der Waals surface area contributed by atoms with E-state index < -0.39 is 0 Å². The van der Waals surface area contributed by atoms with Crippen LogP contribution in [0.1, 0.15) is 6.42 Å². The average Bonchev–Trinajstić information content (AvgIpc) is 2.61. The molecule has 0 bridgehead atoms. The lowest BCUT2D eigenvalue weighted by Gasteiger charge is -2.13. The minimum Gasteiger partial charge on any atom is -0.379 e. The van der Waals surface area contributed by atoms with Gasteiger partial charge in [-0.25, -0.2) is 0 Å². The van der Waals surface area contributed by atoms with Gasteiger partial charge in [-0.15, -0.1) is 0 Å². The molecule has 0 spiro atoms. The second kappa shape index (κ2) is 4.20. The Morgan fingerprint density at radius 2 is 2.54 bits per heavy atom. The van der Waals surface area contributed by atoms with E-state index in [2.05, 4.69) is 10.3 Å². The van der Waals surface area contributed by atoms with Gasteiger partial charge in [0, 0.05) is 18.0 Å². The molecule has 4 heteroatoms. The fourth-order valence-electron chi connectivity index (χ4n) is 1.35. The van der Waals surface area contributed by atoms with E-state index in [1.165, 1.54) is 17.9 Å². The van der Waals surface area contributed by atoms with E-state index in [4.69, 9.17) is 11.6 Å². The third-order valence-electron chi connectivity index (χ3n) is 2.06. The number of halogens is 1. The van der Waals surface area contributed by atoms with Gasteiger partial charge in [0.25, 0.3) is 0 Å². The first kappa shape index (κ1) is 9.16. The van der Waals surface area contributed by atoms with Gasteiger partial charge in [0.15, 0.2) is 0 Å². The molecule has 1 fully saturated rings. The second-order valence-corrected chi connectivity index (χ2v) is 4.62. The second-order valence-electron chi connectivity index (χ2n) is 3.06. The molecule has 13 heavy (non-hydrogen) atoms. The molecule has 0 radical (unpaired) electrons. The zero-order chi connectivity index (χ0) is 9.10. The minimum atomic E-state index is 0.562. The van der Waals surface area contributed by atoms with Gasteiger partial charge in [0.05, 0.1) is 16.9 Å². The van der Waals surface area contributed by atoms with Gasteiger partial charge in [-0.05, 0) is 18.2 Å². The molecule has 0 saturated carbocycles. The van der Waals surface area contributed by atoms with Crippen molar-refractivity contribution in [1.29, 1.82) is 0 Å². The molecule has 1 atom stereocenters. The molecular formula is C9H11ClN2S. The lowest BCUT2D eigenvalue weighted by Crippen LogP contribution is -2.18. The van der Waals surface area contributed by atoms with Crippen molar-refractivity contribution < 1.29 is 0 Å². The van der Waals surface area contributed by atoms with Crippen LogP contribution in [0.25, 0.3) is 0 Å². The quantitative estimate of drug-likeness (QED) is 0.820. The summed E-state index contributed by atoms with van der Waals surface area (Å²) in [5, 5.41) is 4.15. The summed E-state index contributed by atoms with van der Waals surface area (Å²) >= 11 is 7.97. The topological polar surface area (TPSA) is 24.9 Å². The summed E-state index contributed by atoms with van der Waals surface area (Å²) in [6.45, 7) is 0. The van der Waals surface area contributed by atoms with Crippen molar-refractivity contribution in [2.75, 3.05) is 16.8 Å². The molecule has 2 nitrogen and oxygen atoms in total. The molecule has 0 aromatic carbocycles. The molecule has 1 unspecified atom stereocenters. The molecule has 1 aromatic heterocycles. The smallest absolute Gasteiger partial charge is 0.0718 e. The summed E-state index contributed by atoms with van der Waals surface area (Å²) in [5.41, 5.74) is 0.955. The van der Waals surface area contributed by atoms with Gasteiger partial charge >= 0.3 is 0 Å². The number of nitrogens with zero attached hydrogens (tertiary/aromatic N) is 1. The van der Waals surface area contributed by atoms with Crippen LogP contribution >= 0.6 is 23.4 Å². The third-order valence-corrected chi connectivity index (χ3v) is 3.55. The fourth-order valence-corrected chi connectivity index (χ4v) is 2.66. The lowest BCUT2D eigenvalue weighted by molar-refractivity contribution is 0.812. The molecule has 1 aromatic rings. The standard InChI is InChI=1S/C9H11ClN2S/c10-8-1-3-11-5-9(8)12-7-2-4-13-6-7/h1,3,5,7,12H,2,4,6H2. The van der Waals surface area contributed by atoms with Crippen LogP contribution in [0.3, 0.4) is 0 Å². The van der Waals surface area contributed by atoms with Gasteiger partial charge < -0.3 is 5.32 Å². The number of anilines is 1. The van der Waals surface area contributed by atoms with Crippen LogP contribution in [0.15, 0.2) is 18.5 Å². The number of nitrogens with one attached hydrogen (secondary N) is 1. The van der Waals surface area contributed by atoms with E-state index in [1.807, 2.05) is 17.8 Å². The molecular weight excluding hydrogens is 204 g/mol. The summed E-state index contributed by atoms with van der Waals surface area (Å²) in [6, 6.07) is 2.37. The molecule has 1 saturated heterocycles. The van der Waals surface area contributed by atoms with Crippen LogP contribution in [0.2, 0.25) is 5.02 Å². The van der Waals surface area contributed by atoms with Crippen LogP contribution < -0.4 is 5.32 Å². The zero-order valence-corrected chi connectivity index (χ0v) is 8.74. The Morgan fingerprint density at radius 1 is 1.62 bits per heavy atom. The van der Waals surface area contributed by atoms with Gasteiger partial charge in [-0.3, -0.25) is 4.98 Å². The molecule has 0 aliphatic carbocycles. The Kier molecular flexibility index (Phi) is 2.96. The van der Waals surface area contributed by atoms with Crippen molar-refractivity contribution in [2.24, 2.45) is 0 Å². The van der Waals surface area contributed by atoms with Crippen molar-refractivity contribution in [3.63, 3.8) is 0 Å². The van der Waals surface area contributed by atoms with Crippen molar-refractivity contribution in [3.8, 4) is 0 Å². The Hall–Kier alpha value is -0.410. The van der Waals surface area contributed by atoms with Crippen molar-refractivity contribution in [2.45, 2.75) is 12.5 Å². The van der Waals surface area contributed by atoms with Crippen molar-refractivity contribution in [3.05, 3.63) is 23.5 Å². The van der Waals surface area contributed by atoms with Crippen LogP contribution in [0, 0.1) is 0 Å². The third kappa shape index (κ3) is 2.29. The normalized spacial score (nSPS) is 21.8. The molecule has 70 valence electrons. The van der Waals surface area contributed by atoms with Gasteiger partial charge in [0.2, 0.25) is 0 Å². The number of hydrogen-bond acceptors (Lipinski definition) is 3. The highest BCUT2D eigenvalue weighted by molar-refractivity contribution is 7.99. The van der Waals surface area contributed by atoms with E-state index >= 15 is 0 Å². The largest absolute Gasteiger partial charge is 0.379 e. The first-order valence-electron chi connectivity index (χ1n) is 4.30. The fraction of sp³-hybridized carbons (Fsp3) is 0.444. The van der Waals surface area contributed by atoms with E-state index in [0.717, 1.165) is 10.7 Å². The van der Waals surface area contributed by atoms with Crippen LogP contribution in [-0.2, 0) is 0 Å². The maximum absolute atomic E-state index is 5.99. The Balaban J connectivity index is 2.04. The first-order chi connectivity index (χ1) is 6.36. The summed E-state index contributed by atoms with van der Waals surface area (Å²) in [7, 11) is 0. The molecule has 1 aliphatic rings. The summed E-state index contributed by atoms with van der Waals surface area (Å²) in [6.07, 6.45) is 4.71. The number of aromatic nitrogens is 1. The maximum Gasteiger partial charge on any atom is 0.0718 e. The number of pyridine rings is 1. The number of thioether (sulfide) groups is 1. The van der Waals surface area contributed by atoms with Crippen molar-refractivity contribution >= 4 is 29.1 Å². The van der Waals surface area contributed by atoms with Crippen LogP contribution in [0.5, 0.6) is 0 Å². The highest BCUT2D eigenvalue weighted by atomic mass is 35.5. The zero-order valence-electron chi connectivity index (χ0n) is 7.16. The summed E-state index contributed by atoms with van der Waals surface area (Å²) in [4.78, 5) is 4.03. The van der Waals surface area contributed by atoms with E-state index in [9.17, 15) is 0 Å². The minimum absolute atomic E-state index is 0.562. The van der Waals surface area contributed by atoms with Crippen LogP contribution in [-0.4, -0.2) is 22.5 Å². The van der Waals surface area contributed by atoms with Gasteiger partial charge in [-0.2, -0.15) is 11.8 Å². The molecule has 1 aliphatic heterocycles. The highest BCUT2D eigenvalue weighted by Gasteiger charge is 2.15. The predicted octanol–water partition coefficient (Wildman–Crippen LogP) is 2.65. The first-order valence-corrected chi connectivity index (χ1v) is 5.83. The molecule has 2 heterocycles. The van der Waals surface area contributed by atoms with Crippen molar-refractivity contribution in [1.82, 2.24) is 4.98 Å².